The number of carboxylic acid groups (broad SMARTS) is 1. The molecule has 0 spiro atoms. The van der Waals surface area contributed by atoms with Crippen LogP contribution >= 0.6 is 11.6 Å². The van der Waals surface area contributed by atoms with Crippen LogP contribution in [0.4, 0.5) is 28.4 Å². The number of nitrogens with one attached hydrogen (secondary N) is 1. The van der Waals surface area contributed by atoms with Crippen LogP contribution in [0.15, 0.2) is 46.6 Å². The van der Waals surface area contributed by atoms with Crippen molar-refractivity contribution in [2.75, 3.05) is 43.7 Å². The summed E-state index contributed by atoms with van der Waals surface area (Å²) in [4.78, 5) is 14.5. The summed E-state index contributed by atoms with van der Waals surface area (Å²) in [6.45, 7) is 5.52. The van der Waals surface area contributed by atoms with E-state index in [2.05, 4.69) is 47.1 Å². The molecule has 1 atom stereocenters. The molecule has 2 aromatic rings. The van der Waals surface area contributed by atoms with Crippen molar-refractivity contribution < 1.29 is 14.8 Å². The topological polar surface area (TPSA) is 99.6 Å². The van der Waals surface area contributed by atoms with Crippen molar-refractivity contribution in [3.05, 3.63) is 41.4 Å². The van der Waals surface area contributed by atoms with Gasteiger partial charge in [0.2, 0.25) is 0 Å². The molecule has 0 saturated heterocycles. The number of nitriles is 1. The van der Waals surface area contributed by atoms with Gasteiger partial charge >= 0.3 is 0 Å². The van der Waals surface area contributed by atoms with Crippen LogP contribution in [0.1, 0.15) is 20.3 Å². The number of aliphatic carboxylic acids is 1. The first-order valence-electron chi connectivity index (χ1n) is 9.95. The third-order valence-corrected chi connectivity index (χ3v) is 4.95. The number of nitrogens with zero attached hydrogens (tertiary/aromatic N) is 5. The molecule has 31 heavy (non-hydrogen) atoms. The summed E-state index contributed by atoms with van der Waals surface area (Å²) < 4.78 is 0. The van der Waals surface area contributed by atoms with Crippen molar-refractivity contribution in [1.82, 2.24) is 0 Å². The predicted molar refractivity (Wildman–Crippen MR) is 121 cm³/mol. The van der Waals surface area contributed by atoms with E-state index in [1.54, 1.807) is 0 Å². The molecule has 164 valence electrons. The van der Waals surface area contributed by atoms with Gasteiger partial charge in [-0.15, -0.1) is 5.11 Å². The van der Waals surface area contributed by atoms with Gasteiger partial charge in [-0.05, 0) is 44.2 Å². The highest BCUT2D eigenvalue weighted by molar-refractivity contribution is 6.31. The SMILES string of the molecule is CC(=O)[O-].CCN(CCC#N)c1ccc(N=Nc2cc(Cl)cc3c2N(C)C[NH+]3C)cc1. The summed E-state index contributed by atoms with van der Waals surface area (Å²) in [6.07, 6.45) is 0.513. The van der Waals surface area contributed by atoms with Crippen molar-refractivity contribution in [2.45, 2.75) is 20.3 Å². The Morgan fingerprint density at radius 1 is 1.32 bits per heavy atom. The van der Waals surface area contributed by atoms with Gasteiger partial charge in [-0.25, -0.2) is 0 Å². The molecule has 0 aromatic heterocycles. The van der Waals surface area contributed by atoms with Crippen molar-refractivity contribution in [3.63, 3.8) is 0 Å². The molecule has 1 N–H and O–H groups in total. The van der Waals surface area contributed by atoms with Gasteiger partial charge in [0.05, 0.1) is 25.2 Å². The second-order valence-electron chi connectivity index (χ2n) is 7.15. The highest BCUT2D eigenvalue weighted by Gasteiger charge is 2.29. The highest BCUT2D eigenvalue weighted by Crippen LogP contribution is 2.39. The van der Waals surface area contributed by atoms with Gasteiger partial charge in [0.1, 0.15) is 11.4 Å². The smallest absolute Gasteiger partial charge is 0.160 e. The van der Waals surface area contributed by atoms with Crippen LogP contribution in [0, 0.1) is 11.3 Å². The molecule has 0 bridgehead atoms. The molecule has 8 nitrogen and oxygen atoms in total. The summed E-state index contributed by atoms with van der Waals surface area (Å²) in [7, 11) is 4.17. The van der Waals surface area contributed by atoms with E-state index in [0.717, 1.165) is 55.1 Å². The lowest BCUT2D eigenvalue weighted by Crippen LogP contribution is -3.03. The lowest BCUT2D eigenvalue weighted by molar-refractivity contribution is -0.802. The Balaban J connectivity index is 0.000000785. The molecule has 9 heteroatoms. The molecule has 0 saturated carbocycles. The molecule has 0 amide bonds. The minimum atomic E-state index is -1.08. The molecule has 2 aromatic carbocycles. The number of anilines is 2. The van der Waals surface area contributed by atoms with E-state index in [1.165, 1.54) is 4.90 Å². The number of rotatable bonds is 6. The first-order chi connectivity index (χ1) is 14.8. The van der Waals surface area contributed by atoms with Gasteiger partial charge in [0.15, 0.2) is 12.4 Å². The maximum absolute atomic E-state index is 8.89. The summed E-state index contributed by atoms with van der Waals surface area (Å²) in [6, 6.07) is 14.0. The second-order valence-corrected chi connectivity index (χ2v) is 7.59. The Bertz CT molecular complexity index is 967. The monoisotopic (exact) mass is 442 g/mol. The van der Waals surface area contributed by atoms with Crippen molar-refractivity contribution in [2.24, 2.45) is 10.2 Å². The van der Waals surface area contributed by atoms with Crippen LogP contribution in [0.3, 0.4) is 0 Å². The molecule has 1 aliphatic rings. The zero-order chi connectivity index (χ0) is 23.0. The summed E-state index contributed by atoms with van der Waals surface area (Å²) >= 11 is 6.27. The van der Waals surface area contributed by atoms with E-state index in [1.807, 2.05) is 36.4 Å². The summed E-state index contributed by atoms with van der Waals surface area (Å²) in [5.41, 5.74) is 4.87. The third kappa shape index (κ3) is 6.67. The molecular weight excluding hydrogens is 416 g/mol. The zero-order valence-electron chi connectivity index (χ0n) is 18.2. The van der Waals surface area contributed by atoms with Crippen LogP contribution in [-0.4, -0.2) is 39.8 Å². The number of carbonyl (C=O) groups excluding carboxylic acids is 1. The fraction of sp³-hybridized carbons (Fsp3) is 0.364. The van der Waals surface area contributed by atoms with Crippen LogP contribution in [0.25, 0.3) is 0 Å². The maximum atomic E-state index is 8.89. The fourth-order valence-corrected chi connectivity index (χ4v) is 3.62. The quantitative estimate of drug-likeness (QED) is 0.693. The molecule has 3 rings (SSSR count). The van der Waals surface area contributed by atoms with E-state index in [9.17, 15) is 0 Å². The van der Waals surface area contributed by atoms with Crippen molar-refractivity contribution in [3.8, 4) is 6.07 Å². The van der Waals surface area contributed by atoms with E-state index >= 15 is 0 Å². The Kier molecular flexibility index (Phi) is 8.79. The average Bonchev–Trinajstić information content (AvgIpc) is 3.00. The molecule has 0 fully saturated rings. The number of benzene rings is 2. The minimum Gasteiger partial charge on any atom is -0.550 e. The Morgan fingerprint density at radius 3 is 2.55 bits per heavy atom. The minimum absolute atomic E-state index is 0.513. The second kappa shape index (κ2) is 11.3. The maximum Gasteiger partial charge on any atom is 0.160 e. The Labute approximate surface area is 188 Å². The lowest BCUT2D eigenvalue weighted by Gasteiger charge is -2.21. The van der Waals surface area contributed by atoms with Gasteiger partial charge in [-0.1, -0.05) is 11.6 Å². The first kappa shape index (κ1) is 24.1. The number of azo groups is 1. The highest BCUT2D eigenvalue weighted by atomic mass is 35.5. The van der Waals surface area contributed by atoms with Gasteiger partial charge < -0.3 is 19.7 Å². The molecule has 1 heterocycles. The van der Waals surface area contributed by atoms with E-state index in [-0.39, 0.29) is 0 Å². The largest absolute Gasteiger partial charge is 0.550 e. The van der Waals surface area contributed by atoms with Crippen molar-refractivity contribution in [1.29, 1.82) is 5.26 Å². The number of quaternary nitrogens is 1. The van der Waals surface area contributed by atoms with Crippen LogP contribution in [-0.2, 0) is 4.79 Å². The number of halogens is 1. The zero-order valence-corrected chi connectivity index (χ0v) is 19.0. The van der Waals surface area contributed by atoms with Gasteiger partial charge in [0.25, 0.3) is 0 Å². The molecule has 0 aliphatic carbocycles. The number of carbonyl (C=O) groups is 1. The lowest BCUT2D eigenvalue weighted by atomic mass is 10.2. The van der Waals surface area contributed by atoms with Crippen LogP contribution < -0.4 is 19.8 Å². The number of carboxylic acids is 1. The average molecular weight is 443 g/mol. The Morgan fingerprint density at radius 2 is 1.97 bits per heavy atom. The normalized spacial score (nSPS) is 14.6. The van der Waals surface area contributed by atoms with Crippen molar-refractivity contribution >= 4 is 46.0 Å². The number of hydrogen-bond acceptors (Lipinski definition) is 7. The predicted octanol–water partition coefficient (Wildman–Crippen LogP) is 2.81. The molecule has 1 aliphatic heterocycles. The number of hydrogen-bond donors (Lipinski definition) is 1. The van der Waals surface area contributed by atoms with Gasteiger partial charge in [-0.2, -0.15) is 10.4 Å². The van der Waals surface area contributed by atoms with Gasteiger partial charge in [0, 0.05) is 42.9 Å². The molecular formula is C22H27ClN6O2. The fourth-order valence-electron chi connectivity index (χ4n) is 3.40. The van der Waals surface area contributed by atoms with E-state index < -0.39 is 5.97 Å². The van der Waals surface area contributed by atoms with E-state index in [0.29, 0.717) is 11.4 Å². The summed E-state index contributed by atoms with van der Waals surface area (Å²) in [5.74, 6) is -1.08. The van der Waals surface area contributed by atoms with Crippen LogP contribution in [0.2, 0.25) is 5.02 Å². The summed E-state index contributed by atoms with van der Waals surface area (Å²) in [5, 5.41) is 27.2. The Hall–Kier alpha value is -3.15. The standard InChI is InChI=1S/C20H23ClN6.C2H4O2/c1-4-27(11-5-10-22)17-8-6-16(7-9-17)23-24-18-12-15(21)13-19-20(18)26(3)14-25(19)2;1-2(3)4/h6-9,12-13H,4-5,11,14H2,1-3H3;1H3,(H,3,4). The number of fused-ring (bicyclic) bond motifs is 1. The third-order valence-electron chi connectivity index (χ3n) is 4.73. The molecule has 1 unspecified atom stereocenters. The van der Waals surface area contributed by atoms with Gasteiger partial charge in [-0.3, -0.25) is 4.90 Å². The van der Waals surface area contributed by atoms with Crippen LogP contribution in [0.5, 0.6) is 0 Å². The first-order valence-corrected chi connectivity index (χ1v) is 10.3. The molecule has 0 radical (unpaired) electrons. The van der Waals surface area contributed by atoms with E-state index in [4.69, 9.17) is 26.8 Å².